The fourth-order valence-electron chi connectivity index (χ4n) is 1.32. The van der Waals surface area contributed by atoms with E-state index in [1.165, 1.54) is 0 Å². The van der Waals surface area contributed by atoms with Gasteiger partial charge in [0.15, 0.2) is 0 Å². The number of carbonyl (C=O) groups is 1. The summed E-state index contributed by atoms with van der Waals surface area (Å²) in [5.74, 6) is 0.0615. The molecule has 82 valence electrons. The first-order valence-corrected chi connectivity index (χ1v) is 6.67. The third-order valence-electron chi connectivity index (χ3n) is 2.30. The summed E-state index contributed by atoms with van der Waals surface area (Å²) in [7, 11) is 0. The van der Waals surface area contributed by atoms with Crippen molar-refractivity contribution < 1.29 is 4.79 Å². The molecule has 15 heavy (non-hydrogen) atoms. The molecule has 0 aliphatic carbocycles. The van der Waals surface area contributed by atoms with Crippen molar-refractivity contribution in [1.82, 2.24) is 5.32 Å². The van der Waals surface area contributed by atoms with Crippen molar-refractivity contribution in [3.63, 3.8) is 0 Å². The highest BCUT2D eigenvalue weighted by molar-refractivity contribution is 14.1. The van der Waals surface area contributed by atoms with Gasteiger partial charge in [-0.2, -0.15) is 0 Å². The Bertz CT molecular complexity index is 300. The average molecular weight is 317 g/mol. The summed E-state index contributed by atoms with van der Waals surface area (Å²) in [4.78, 5) is 11.7. The smallest absolute Gasteiger partial charge is 0.227 e. The van der Waals surface area contributed by atoms with Gasteiger partial charge in [-0.3, -0.25) is 4.79 Å². The number of alkyl halides is 1. The van der Waals surface area contributed by atoms with Crippen molar-refractivity contribution in [1.29, 1.82) is 0 Å². The van der Waals surface area contributed by atoms with Crippen LogP contribution in [0, 0.1) is 0 Å². The maximum Gasteiger partial charge on any atom is 0.227 e. The van der Waals surface area contributed by atoms with E-state index in [9.17, 15) is 4.79 Å². The number of hydrogen-bond donors (Lipinski definition) is 1. The van der Waals surface area contributed by atoms with Crippen LogP contribution in [0.3, 0.4) is 0 Å². The molecule has 0 heterocycles. The number of hydrogen-bond acceptors (Lipinski definition) is 1. The topological polar surface area (TPSA) is 29.1 Å². The maximum atomic E-state index is 11.7. The zero-order valence-corrected chi connectivity index (χ0v) is 11.0. The summed E-state index contributed by atoms with van der Waals surface area (Å²) in [5, 5.41) is 2.94. The molecular formula is C12H16INO. The summed E-state index contributed by atoms with van der Waals surface area (Å²) in [5.41, 5.74) is 1.07. The fraction of sp³-hybridized carbons (Fsp3) is 0.417. The first-order valence-electron chi connectivity index (χ1n) is 5.14. The van der Waals surface area contributed by atoms with Gasteiger partial charge >= 0.3 is 0 Å². The van der Waals surface area contributed by atoms with Crippen molar-refractivity contribution in [2.24, 2.45) is 0 Å². The number of nitrogens with one attached hydrogen (secondary N) is 1. The minimum Gasteiger partial charge on any atom is -0.356 e. The molecule has 3 heteroatoms. The highest BCUT2D eigenvalue weighted by Gasteiger charge is 2.13. The predicted molar refractivity (Wildman–Crippen MR) is 71.4 cm³/mol. The molecular weight excluding hydrogens is 301 g/mol. The number of benzene rings is 1. The van der Waals surface area contributed by atoms with Crippen molar-refractivity contribution >= 4 is 28.5 Å². The zero-order valence-electron chi connectivity index (χ0n) is 8.87. The third-order valence-corrected chi connectivity index (χ3v) is 3.07. The molecule has 1 atom stereocenters. The molecule has 1 amide bonds. The molecule has 2 nitrogen and oxygen atoms in total. The Kier molecular flexibility index (Phi) is 5.68. The normalized spacial score (nSPS) is 12.1. The molecule has 0 spiro atoms. The standard InChI is InChI=1S/C12H16INO/c1-10(11-6-3-2-4-7-11)12(15)14-9-5-8-13/h2-4,6-7,10H,5,8-9H2,1H3,(H,14,15). The van der Waals surface area contributed by atoms with E-state index < -0.39 is 0 Å². The monoisotopic (exact) mass is 317 g/mol. The quantitative estimate of drug-likeness (QED) is 0.505. The van der Waals surface area contributed by atoms with Gasteiger partial charge in [0.05, 0.1) is 5.92 Å². The summed E-state index contributed by atoms with van der Waals surface area (Å²) >= 11 is 2.31. The summed E-state index contributed by atoms with van der Waals surface area (Å²) in [6.07, 6.45) is 1.04. The second-order valence-electron chi connectivity index (χ2n) is 3.47. The van der Waals surface area contributed by atoms with Crippen LogP contribution in [0.4, 0.5) is 0 Å². The molecule has 1 unspecified atom stereocenters. The van der Waals surface area contributed by atoms with Gasteiger partial charge in [0.2, 0.25) is 5.91 Å². The largest absolute Gasteiger partial charge is 0.356 e. The molecule has 0 aromatic heterocycles. The number of halogens is 1. The van der Waals surface area contributed by atoms with Crippen molar-refractivity contribution in [3.8, 4) is 0 Å². The van der Waals surface area contributed by atoms with Gasteiger partial charge in [0.25, 0.3) is 0 Å². The summed E-state index contributed by atoms with van der Waals surface area (Å²) in [6.45, 7) is 2.72. The van der Waals surface area contributed by atoms with E-state index in [1.807, 2.05) is 37.3 Å². The molecule has 0 saturated carbocycles. The summed E-state index contributed by atoms with van der Waals surface area (Å²) < 4.78 is 1.08. The Morgan fingerprint density at radius 1 is 1.40 bits per heavy atom. The minimum absolute atomic E-state index is 0.0552. The lowest BCUT2D eigenvalue weighted by Gasteiger charge is -2.11. The Labute approximate surface area is 105 Å². The lowest BCUT2D eigenvalue weighted by atomic mass is 10.0. The highest BCUT2D eigenvalue weighted by Crippen LogP contribution is 2.14. The van der Waals surface area contributed by atoms with Crippen molar-refractivity contribution in [2.75, 3.05) is 11.0 Å². The van der Waals surface area contributed by atoms with Crippen molar-refractivity contribution in [3.05, 3.63) is 35.9 Å². The van der Waals surface area contributed by atoms with Gasteiger partial charge in [-0.1, -0.05) is 52.9 Å². The van der Waals surface area contributed by atoms with Crippen molar-refractivity contribution in [2.45, 2.75) is 19.3 Å². The molecule has 0 aliphatic rings. The number of rotatable bonds is 5. The van der Waals surface area contributed by atoms with Gasteiger partial charge in [-0.05, 0) is 18.9 Å². The van der Waals surface area contributed by atoms with Gasteiger partial charge in [0.1, 0.15) is 0 Å². The molecule has 1 rings (SSSR count). The SMILES string of the molecule is CC(C(=O)NCCCI)c1ccccc1. The average Bonchev–Trinajstić information content (AvgIpc) is 2.29. The summed E-state index contributed by atoms with van der Waals surface area (Å²) in [6, 6.07) is 9.86. The van der Waals surface area contributed by atoms with E-state index in [0.717, 1.165) is 23.0 Å². The van der Waals surface area contributed by atoms with E-state index in [2.05, 4.69) is 27.9 Å². The molecule has 0 saturated heterocycles. The van der Waals surface area contributed by atoms with Crippen LogP contribution in [0.15, 0.2) is 30.3 Å². The molecule has 0 aliphatic heterocycles. The molecule has 0 radical (unpaired) electrons. The number of carbonyl (C=O) groups excluding carboxylic acids is 1. The van der Waals surface area contributed by atoms with Crippen LogP contribution in [0.25, 0.3) is 0 Å². The van der Waals surface area contributed by atoms with Crippen LogP contribution in [-0.4, -0.2) is 16.9 Å². The third kappa shape index (κ3) is 4.20. The molecule has 0 fully saturated rings. The molecule has 0 bridgehead atoms. The lowest BCUT2D eigenvalue weighted by Crippen LogP contribution is -2.28. The van der Waals surface area contributed by atoms with Crippen LogP contribution in [0.1, 0.15) is 24.8 Å². The highest BCUT2D eigenvalue weighted by atomic mass is 127. The fourth-order valence-corrected chi connectivity index (χ4v) is 1.71. The van der Waals surface area contributed by atoms with Crippen LogP contribution in [-0.2, 0) is 4.79 Å². The van der Waals surface area contributed by atoms with Gasteiger partial charge in [-0.25, -0.2) is 0 Å². The maximum absolute atomic E-state index is 11.7. The zero-order chi connectivity index (χ0) is 11.1. The number of amides is 1. The Morgan fingerprint density at radius 2 is 2.07 bits per heavy atom. The minimum atomic E-state index is -0.0552. The van der Waals surface area contributed by atoms with Gasteiger partial charge in [-0.15, -0.1) is 0 Å². The first kappa shape index (κ1) is 12.5. The molecule has 1 N–H and O–H groups in total. The van der Waals surface area contributed by atoms with E-state index in [-0.39, 0.29) is 11.8 Å². The van der Waals surface area contributed by atoms with Crippen LogP contribution in [0.2, 0.25) is 0 Å². The van der Waals surface area contributed by atoms with Gasteiger partial charge in [0, 0.05) is 11.0 Å². The molecule has 1 aromatic rings. The van der Waals surface area contributed by atoms with E-state index in [4.69, 9.17) is 0 Å². The van der Waals surface area contributed by atoms with Crippen LogP contribution < -0.4 is 5.32 Å². The molecule has 1 aromatic carbocycles. The first-order chi connectivity index (χ1) is 7.25. The van der Waals surface area contributed by atoms with Crippen LogP contribution >= 0.6 is 22.6 Å². The Morgan fingerprint density at radius 3 is 2.67 bits per heavy atom. The lowest BCUT2D eigenvalue weighted by molar-refractivity contribution is -0.122. The predicted octanol–water partition coefficient (Wildman–Crippen LogP) is 2.73. The Balaban J connectivity index is 2.46. The second-order valence-corrected chi connectivity index (χ2v) is 4.54. The van der Waals surface area contributed by atoms with Crippen LogP contribution in [0.5, 0.6) is 0 Å². The van der Waals surface area contributed by atoms with E-state index in [0.29, 0.717) is 0 Å². The van der Waals surface area contributed by atoms with E-state index in [1.54, 1.807) is 0 Å². The Hall–Kier alpha value is -0.580. The van der Waals surface area contributed by atoms with Gasteiger partial charge < -0.3 is 5.32 Å². The van der Waals surface area contributed by atoms with E-state index >= 15 is 0 Å². The second kappa shape index (κ2) is 6.82.